The summed E-state index contributed by atoms with van der Waals surface area (Å²) in [4.78, 5) is 23.0. The monoisotopic (exact) mass is 351 g/mol. The summed E-state index contributed by atoms with van der Waals surface area (Å²) in [7, 11) is 0. The molecule has 0 aliphatic heterocycles. The zero-order chi connectivity index (χ0) is 15.6. The van der Waals surface area contributed by atoms with Crippen LogP contribution in [0.15, 0.2) is 40.9 Å². The van der Waals surface area contributed by atoms with Crippen LogP contribution in [0.3, 0.4) is 0 Å². The molecule has 0 spiro atoms. The average Bonchev–Trinajstić information content (AvgIpc) is 2.43. The van der Waals surface area contributed by atoms with Crippen LogP contribution in [0.5, 0.6) is 0 Å². The highest BCUT2D eigenvalue weighted by Crippen LogP contribution is 2.23. The summed E-state index contributed by atoms with van der Waals surface area (Å²) in [6.07, 6.45) is 0. The lowest BCUT2D eigenvalue weighted by Crippen LogP contribution is -2.14. The first-order chi connectivity index (χ1) is 9.90. The maximum absolute atomic E-state index is 13.4. The first kappa shape index (κ1) is 15.2. The minimum absolute atomic E-state index is 0.0855. The third-order valence-corrected chi connectivity index (χ3v) is 3.72. The normalized spacial score (nSPS) is 10.2. The summed E-state index contributed by atoms with van der Waals surface area (Å²) in [5.74, 6) is -2.04. The molecule has 0 aromatic heterocycles. The topological polar surface area (TPSA) is 66.4 Å². The molecular formula is C15H11BrFNO3. The molecule has 2 aromatic carbocycles. The van der Waals surface area contributed by atoms with Crippen molar-refractivity contribution >= 4 is 33.5 Å². The van der Waals surface area contributed by atoms with E-state index in [1.54, 1.807) is 6.92 Å². The molecule has 2 aromatic rings. The van der Waals surface area contributed by atoms with Crippen LogP contribution < -0.4 is 5.32 Å². The van der Waals surface area contributed by atoms with Gasteiger partial charge in [0.05, 0.1) is 15.6 Å². The van der Waals surface area contributed by atoms with Gasteiger partial charge in [0.2, 0.25) is 0 Å². The lowest BCUT2D eigenvalue weighted by molar-refractivity contribution is 0.0696. The largest absolute Gasteiger partial charge is 0.478 e. The number of carboxylic acids is 1. The molecule has 2 N–H and O–H groups in total. The Morgan fingerprint density at radius 3 is 2.57 bits per heavy atom. The van der Waals surface area contributed by atoms with Crippen LogP contribution >= 0.6 is 15.9 Å². The van der Waals surface area contributed by atoms with Crippen LogP contribution in [0.25, 0.3) is 0 Å². The van der Waals surface area contributed by atoms with E-state index in [9.17, 15) is 14.0 Å². The number of anilines is 1. The minimum Gasteiger partial charge on any atom is -0.478 e. The average molecular weight is 352 g/mol. The van der Waals surface area contributed by atoms with E-state index in [1.807, 2.05) is 0 Å². The van der Waals surface area contributed by atoms with Crippen molar-refractivity contribution in [1.29, 1.82) is 0 Å². The summed E-state index contributed by atoms with van der Waals surface area (Å²) < 4.78 is 13.5. The Kier molecular flexibility index (Phi) is 4.37. The number of amides is 1. The lowest BCUT2D eigenvalue weighted by atomic mass is 10.1. The number of rotatable bonds is 3. The van der Waals surface area contributed by atoms with Crippen LogP contribution in [0, 0.1) is 12.7 Å². The Bertz CT molecular complexity index is 731. The van der Waals surface area contributed by atoms with Gasteiger partial charge >= 0.3 is 5.97 Å². The highest BCUT2D eigenvalue weighted by molar-refractivity contribution is 9.10. The summed E-state index contributed by atoms with van der Waals surface area (Å²) >= 11 is 3.03. The molecule has 1 amide bonds. The molecule has 0 aliphatic rings. The Labute approximate surface area is 128 Å². The molecule has 21 heavy (non-hydrogen) atoms. The van der Waals surface area contributed by atoms with E-state index in [0.29, 0.717) is 11.3 Å². The SMILES string of the molecule is Cc1cc(C(=O)O)ccc1NC(=O)c1cccc(F)c1Br. The van der Waals surface area contributed by atoms with Gasteiger partial charge in [-0.25, -0.2) is 9.18 Å². The number of carboxylic acid groups (broad SMARTS) is 1. The van der Waals surface area contributed by atoms with Gasteiger partial charge in [-0.15, -0.1) is 0 Å². The van der Waals surface area contributed by atoms with Crippen molar-refractivity contribution in [2.24, 2.45) is 0 Å². The molecule has 0 fully saturated rings. The van der Waals surface area contributed by atoms with E-state index in [0.717, 1.165) is 0 Å². The zero-order valence-corrected chi connectivity index (χ0v) is 12.6. The molecule has 4 nitrogen and oxygen atoms in total. The second-order valence-electron chi connectivity index (χ2n) is 4.39. The van der Waals surface area contributed by atoms with Crippen molar-refractivity contribution in [3.8, 4) is 0 Å². The Balaban J connectivity index is 2.28. The third kappa shape index (κ3) is 3.28. The molecule has 0 unspecified atom stereocenters. The molecule has 0 saturated heterocycles. The fraction of sp³-hybridized carbons (Fsp3) is 0.0667. The quantitative estimate of drug-likeness (QED) is 0.882. The Morgan fingerprint density at radius 1 is 1.24 bits per heavy atom. The summed E-state index contributed by atoms with van der Waals surface area (Å²) in [6, 6.07) is 8.53. The number of aryl methyl sites for hydroxylation is 1. The predicted octanol–water partition coefficient (Wildman–Crippen LogP) is 3.85. The number of nitrogens with one attached hydrogen (secondary N) is 1. The smallest absolute Gasteiger partial charge is 0.335 e. The maximum atomic E-state index is 13.4. The molecular weight excluding hydrogens is 341 g/mol. The number of benzene rings is 2. The van der Waals surface area contributed by atoms with E-state index in [1.165, 1.54) is 36.4 Å². The van der Waals surface area contributed by atoms with Crippen molar-refractivity contribution in [2.75, 3.05) is 5.32 Å². The molecule has 0 heterocycles. The predicted molar refractivity (Wildman–Crippen MR) is 80.2 cm³/mol. The van der Waals surface area contributed by atoms with E-state index < -0.39 is 17.7 Å². The minimum atomic E-state index is -1.04. The highest BCUT2D eigenvalue weighted by Gasteiger charge is 2.14. The van der Waals surface area contributed by atoms with Gasteiger partial charge in [-0.05, 0) is 58.7 Å². The Morgan fingerprint density at radius 2 is 1.95 bits per heavy atom. The van der Waals surface area contributed by atoms with E-state index in [4.69, 9.17) is 5.11 Å². The van der Waals surface area contributed by atoms with Gasteiger partial charge in [-0.1, -0.05) is 6.07 Å². The molecule has 6 heteroatoms. The van der Waals surface area contributed by atoms with Crippen LogP contribution in [0.4, 0.5) is 10.1 Å². The van der Waals surface area contributed by atoms with Gasteiger partial charge in [0, 0.05) is 5.69 Å². The summed E-state index contributed by atoms with van der Waals surface area (Å²) in [6.45, 7) is 1.68. The molecule has 0 aliphatic carbocycles. The van der Waals surface area contributed by atoms with Crippen molar-refractivity contribution < 1.29 is 19.1 Å². The number of hydrogen-bond acceptors (Lipinski definition) is 2. The van der Waals surface area contributed by atoms with Crippen molar-refractivity contribution in [1.82, 2.24) is 0 Å². The number of carbonyl (C=O) groups is 2. The molecule has 0 atom stereocenters. The molecule has 0 bridgehead atoms. The summed E-state index contributed by atoms with van der Waals surface area (Å²) in [5, 5.41) is 11.5. The first-order valence-electron chi connectivity index (χ1n) is 5.99. The van der Waals surface area contributed by atoms with Crippen molar-refractivity contribution in [3.05, 3.63) is 63.4 Å². The third-order valence-electron chi connectivity index (χ3n) is 2.92. The Hall–Kier alpha value is -2.21. The van der Waals surface area contributed by atoms with Gasteiger partial charge in [0.1, 0.15) is 5.82 Å². The van der Waals surface area contributed by atoms with Gasteiger partial charge < -0.3 is 10.4 Å². The molecule has 2 rings (SSSR count). The molecule has 0 saturated carbocycles. The van der Waals surface area contributed by atoms with E-state index >= 15 is 0 Å². The standard InChI is InChI=1S/C15H11BrFNO3/c1-8-7-9(15(20)21)5-6-12(8)18-14(19)10-3-2-4-11(17)13(10)16/h2-7H,1H3,(H,18,19)(H,20,21). The van der Waals surface area contributed by atoms with E-state index in [-0.39, 0.29) is 15.6 Å². The van der Waals surface area contributed by atoms with Gasteiger partial charge in [-0.3, -0.25) is 4.79 Å². The number of hydrogen-bond donors (Lipinski definition) is 2. The zero-order valence-electron chi connectivity index (χ0n) is 11.0. The van der Waals surface area contributed by atoms with Crippen LogP contribution in [-0.4, -0.2) is 17.0 Å². The van der Waals surface area contributed by atoms with Crippen molar-refractivity contribution in [3.63, 3.8) is 0 Å². The molecule has 108 valence electrons. The number of aromatic carboxylic acids is 1. The number of carbonyl (C=O) groups excluding carboxylic acids is 1. The van der Waals surface area contributed by atoms with Gasteiger partial charge in [-0.2, -0.15) is 0 Å². The van der Waals surface area contributed by atoms with Crippen LogP contribution in [0.2, 0.25) is 0 Å². The fourth-order valence-electron chi connectivity index (χ4n) is 1.81. The lowest BCUT2D eigenvalue weighted by Gasteiger charge is -2.10. The van der Waals surface area contributed by atoms with Crippen LogP contribution in [-0.2, 0) is 0 Å². The molecule has 0 radical (unpaired) electrons. The van der Waals surface area contributed by atoms with Crippen molar-refractivity contribution in [2.45, 2.75) is 6.92 Å². The number of halogens is 2. The van der Waals surface area contributed by atoms with Gasteiger partial charge in [0.15, 0.2) is 0 Å². The van der Waals surface area contributed by atoms with Crippen LogP contribution in [0.1, 0.15) is 26.3 Å². The first-order valence-corrected chi connectivity index (χ1v) is 6.78. The van der Waals surface area contributed by atoms with E-state index in [2.05, 4.69) is 21.2 Å². The second-order valence-corrected chi connectivity index (χ2v) is 5.18. The van der Waals surface area contributed by atoms with Gasteiger partial charge in [0.25, 0.3) is 5.91 Å². The second kappa shape index (κ2) is 6.05. The summed E-state index contributed by atoms with van der Waals surface area (Å²) in [5.41, 5.74) is 1.38. The maximum Gasteiger partial charge on any atom is 0.335 e. The highest BCUT2D eigenvalue weighted by atomic mass is 79.9. The fourth-order valence-corrected chi connectivity index (χ4v) is 2.25.